The molecule has 1 aromatic rings. The zero-order valence-electron chi connectivity index (χ0n) is 12.8. The number of aromatic nitrogens is 1. The van der Waals surface area contributed by atoms with Crippen molar-refractivity contribution < 1.29 is 8.42 Å². The SMILES string of the molecule is NS(=O)(=O)C1CCC(N2CCN(c3ccccn3)CC2)CC1. The van der Waals surface area contributed by atoms with Crippen molar-refractivity contribution in [1.82, 2.24) is 9.88 Å². The first-order valence-electron chi connectivity index (χ1n) is 7.95. The van der Waals surface area contributed by atoms with Crippen LogP contribution in [0.3, 0.4) is 0 Å². The molecule has 1 aromatic heterocycles. The molecule has 0 radical (unpaired) electrons. The van der Waals surface area contributed by atoms with Gasteiger partial charge in [-0.25, -0.2) is 18.5 Å². The molecule has 1 aliphatic heterocycles. The second kappa shape index (κ2) is 6.52. The van der Waals surface area contributed by atoms with Crippen LogP contribution in [0, 0.1) is 0 Å². The maximum absolute atomic E-state index is 11.4. The van der Waals surface area contributed by atoms with Crippen molar-refractivity contribution in [3.05, 3.63) is 24.4 Å². The van der Waals surface area contributed by atoms with Gasteiger partial charge in [-0.2, -0.15) is 0 Å². The predicted molar refractivity (Wildman–Crippen MR) is 87.2 cm³/mol. The summed E-state index contributed by atoms with van der Waals surface area (Å²) in [5.74, 6) is 1.04. The molecule has 0 spiro atoms. The Bertz CT molecular complexity index is 577. The zero-order chi connectivity index (χ0) is 15.6. The zero-order valence-corrected chi connectivity index (χ0v) is 13.6. The van der Waals surface area contributed by atoms with E-state index < -0.39 is 10.0 Å². The normalized spacial score (nSPS) is 27.8. The summed E-state index contributed by atoms with van der Waals surface area (Å²) in [5.41, 5.74) is 0. The topological polar surface area (TPSA) is 79.5 Å². The third-order valence-electron chi connectivity index (χ3n) is 4.91. The number of primary sulfonamides is 1. The molecule has 1 saturated carbocycles. The second-order valence-corrected chi connectivity index (χ2v) is 8.08. The highest BCUT2D eigenvalue weighted by molar-refractivity contribution is 7.89. The van der Waals surface area contributed by atoms with Gasteiger partial charge >= 0.3 is 0 Å². The maximum Gasteiger partial charge on any atom is 0.211 e. The number of hydrogen-bond donors (Lipinski definition) is 1. The number of pyridine rings is 1. The van der Waals surface area contributed by atoms with Gasteiger partial charge < -0.3 is 4.90 Å². The largest absolute Gasteiger partial charge is 0.354 e. The Hall–Kier alpha value is -1.18. The van der Waals surface area contributed by atoms with E-state index in [2.05, 4.69) is 14.8 Å². The highest BCUT2D eigenvalue weighted by Gasteiger charge is 2.32. The molecule has 1 saturated heterocycles. The Morgan fingerprint density at radius 3 is 2.27 bits per heavy atom. The minimum Gasteiger partial charge on any atom is -0.354 e. The van der Waals surface area contributed by atoms with Crippen molar-refractivity contribution in [3.63, 3.8) is 0 Å². The number of sulfonamides is 1. The van der Waals surface area contributed by atoms with Crippen LogP contribution in [0.4, 0.5) is 5.82 Å². The molecular formula is C15H24N4O2S. The van der Waals surface area contributed by atoms with E-state index in [1.54, 1.807) is 0 Å². The summed E-state index contributed by atoms with van der Waals surface area (Å²) in [4.78, 5) is 9.21. The van der Waals surface area contributed by atoms with Crippen molar-refractivity contribution in [2.45, 2.75) is 37.0 Å². The first-order chi connectivity index (χ1) is 10.5. The smallest absolute Gasteiger partial charge is 0.211 e. The molecule has 6 nitrogen and oxygen atoms in total. The number of piperazine rings is 1. The van der Waals surface area contributed by atoms with Gasteiger partial charge in [-0.1, -0.05) is 6.07 Å². The van der Waals surface area contributed by atoms with Crippen molar-refractivity contribution in [2.75, 3.05) is 31.1 Å². The fourth-order valence-corrected chi connectivity index (χ4v) is 4.53. The first-order valence-corrected chi connectivity index (χ1v) is 9.56. The fourth-order valence-electron chi connectivity index (χ4n) is 3.60. The van der Waals surface area contributed by atoms with Gasteiger partial charge in [0.05, 0.1) is 5.25 Å². The summed E-state index contributed by atoms with van der Waals surface area (Å²) < 4.78 is 22.8. The summed E-state index contributed by atoms with van der Waals surface area (Å²) in [6.45, 7) is 3.99. The van der Waals surface area contributed by atoms with Gasteiger partial charge in [-0.3, -0.25) is 4.90 Å². The van der Waals surface area contributed by atoms with Crippen LogP contribution in [0.2, 0.25) is 0 Å². The van der Waals surface area contributed by atoms with E-state index in [0.29, 0.717) is 18.9 Å². The summed E-state index contributed by atoms with van der Waals surface area (Å²) in [5, 5.41) is 4.93. The van der Waals surface area contributed by atoms with Crippen molar-refractivity contribution in [1.29, 1.82) is 0 Å². The van der Waals surface area contributed by atoms with Crippen LogP contribution in [0.15, 0.2) is 24.4 Å². The van der Waals surface area contributed by atoms with E-state index in [1.807, 2.05) is 24.4 Å². The highest BCUT2D eigenvalue weighted by Crippen LogP contribution is 2.27. The summed E-state index contributed by atoms with van der Waals surface area (Å²) in [7, 11) is -3.36. The van der Waals surface area contributed by atoms with Crippen LogP contribution in [0.1, 0.15) is 25.7 Å². The molecule has 2 aliphatic rings. The minimum absolute atomic E-state index is 0.335. The molecule has 0 unspecified atom stereocenters. The Balaban J connectivity index is 1.51. The molecule has 122 valence electrons. The number of rotatable bonds is 3. The lowest BCUT2D eigenvalue weighted by atomic mass is 9.93. The van der Waals surface area contributed by atoms with E-state index in [-0.39, 0.29) is 5.25 Å². The molecule has 3 rings (SSSR count). The average molecular weight is 324 g/mol. The standard InChI is InChI=1S/C15H24N4O2S/c16-22(20,21)14-6-4-13(5-7-14)18-9-11-19(12-10-18)15-3-1-2-8-17-15/h1-3,8,13-14H,4-7,9-12H2,(H2,16,20,21). The minimum atomic E-state index is -3.36. The van der Waals surface area contributed by atoms with Gasteiger partial charge in [0.25, 0.3) is 0 Å². The van der Waals surface area contributed by atoms with Gasteiger partial charge in [-0.15, -0.1) is 0 Å². The van der Waals surface area contributed by atoms with Crippen LogP contribution in [0.25, 0.3) is 0 Å². The fraction of sp³-hybridized carbons (Fsp3) is 0.667. The van der Waals surface area contributed by atoms with Gasteiger partial charge in [0.1, 0.15) is 5.82 Å². The lowest BCUT2D eigenvalue weighted by molar-refractivity contribution is 0.148. The number of nitrogens with two attached hydrogens (primary N) is 1. The summed E-state index contributed by atoms with van der Waals surface area (Å²) in [6, 6.07) is 6.50. The van der Waals surface area contributed by atoms with Gasteiger partial charge in [0.2, 0.25) is 10.0 Å². The van der Waals surface area contributed by atoms with E-state index in [0.717, 1.165) is 44.8 Å². The molecule has 2 N–H and O–H groups in total. The Kier molecular flexibility index (Phi) is 4.65. The summed E-state index contributed by atoms with van der Waals surface area (Å²) >= 11 is 0. The quantitative estimate of drug-likeness (QED) is 0.890. The van der Waals surface area contributed by atoms with E-state index in [1.165, 1.54) is 0 Å². The molecule has 1 aliphatic carbocycles. The van der Waals surface area contributed by atoms with Crippen LogP contribution in [-0.2, 0) is 10.0 Å². The molecule has 2 fully saturated rings. The third-order valence-corrected chi connectivity index (χ3v) is 6.31. The number of hydrogen-bond acceptors (Lipinski definition) is 5. The molecule has 0 atom stereocenters. The molecule has 0 aromatic carbocycles. The van der Waals surface area contributed by atoms with E-state index in [9.17, 15) is 8.42 Å². The third kappa shape index (κ3) is 3.59. The molecule has 0 bridgehead atoms. The monoisotopic (exact) mass is 324 g/mol. The molecule has 0 amide bonds. The van der Waals surface area contributed by atoms with Crippen molar-refractivity contribution in [3.8, 4) is 0 Å². The highest BCUT2D eigenvalue weighted by atomic mass is 32.2. The Morgan fingerprint density at radius 1 is 1.05 bits per heavy atom. The van der Waals surface area contributed by atoms with Crippen LogP contribution in [0.5, 0.6) is 0 Å². The predicted octanol–water partition coefficient (Wildman–Crippen LogP) is 0.803. The number of nitrogens with zero attached hydrogens (tertiary/aromatic N) is 3. The summed E-state index contributed by atoms with van der Waals surface area (Å²) in [6.07, 6.45) is 5.10. The van der Waals surface area contributed by atoms with Gasteiger partial charge in [-0.05, 0) is 37.8 Å². The molecular weight excluding hydrogens is 300 g/mol. The van der Waals surface area contributed by atoms with E-state index >= 15 is 0 Å². The lowest BCUT2D eigenvalue weighted by Crippen LogP contribution is -2.52. The van der Waals surface area contributed by atoms with Crippen molar-refractivity contribution >= 4 is 15.8 Å². The van der Waals surface area contributed by atoms with Crippen LogP contribution in [-0.4, -0.2) is 55.8 Å². The van der Waals surface area contributed by atoms with E-state index in [4.69, 9.17) is 5.14 Å². The van der Waals surface area contributed by atoms with Gasteiger partial charge in [0, 0.05) is 38.4 Å². The van der Waals surface area contributed by atoms with Crippen LogP contribution >= 0.6 is 0 Å². The average Bonchev–Trinajstić information content (AvgIpc) is 2.55. The number of anilines is 1. The Morgan fingerprint density at radius 2 is 1.73 bits per heavy atom. The lowest BCUT2D eigenvalue weighted by Gasteiger charge is -2.42. The second-order valence-electron chi connectivity index (χ2n) is 6.23. The van der Waals surface area contributed by atoms with Gasteiger partial charge in [0.15, 0.2) is 0 Å². The molecule has 2 heterocycles. The Labute approximate surface area is 132 Å². The maximum atomic E-state index is 11.4. The van der Waals surface area contributed by atoms with Crippen LogP contribution < -0.4 is 10.0 Å². The molecule has 7 heteroatoms. The first kappa shape index (κ1) is 15.7. The molecule has 22 heavy (non-hydrogen) atoms. The van der Waals surface area contributed by atoms with Crippen molar-refractivity contribution in [2.24, 2.45) is 5.14 Å².